The molecule has 3 aromatic rings. The molecule has 0 bridgehead atoms. The van der Waals surface area contributed by atoms with Crippen LogP contribution in [0.4, 0.5) is 4.39 Å². The van der Waals surface area contributed by atoms with Crippen LogP contribution in [0.2, 0.25) is 0 Å². The predicted octanol–water partition coefficient (Wildman–Crippen LogP) is 5.07. The molecule has 27 heavy (non-hydrogen) atoms. The highest BCUT2D eigenvalue weighted by Gasteiger charge is 2.45. The molecule has 0 unspecified atom stereocenters. The molecule has 0 radical (unpaired) electrons. The van der Waals surface area contributed by atoms with E-state index in [1.807, 2.05) is 30.3 Å². The zero-order chi connectivity index (χ0) is 18.4. The number of hydrogen-bond donors (Lipinski definition) is 0. The van der Waals surface area contributed by atoms with Crippen molar-refractivity contribution in [1.29, 1.82) is 0 Å². The van der Waals surface area contributed by atoms with Gasteiger partial charge in [0.2, 0.25) is 0 Å². The molecular weight excluding hydrogens is 361 g/mol. The Labute approximate surface area is 161 Å². The first-order valence-electron chi connectivity index (χ1n) is 8.97. The maximum atomic E-state index is 13.2. The second-order valence-corrected chi connectivity index (χ2v) is 8.25. The average Bonchev–Trinajstić information content (AvgIpc) is 3.37. The van der Waals surface area contributed by atoms with Crippen LogP contribution < -0.4 is 0 Å². The molecule has 1 aromatic carbocycles. The first-order chi connectivity index (χ1) is 13.2. The molecule has 0 aliphatic carbocycles. The van der Waals surface area contributed by atoms with E-state index in [4.69, 9.17) is 9.41 Å². The van der Waals surface area contributed by atoms with Gasteiger partial charge < -0.3 is 9.32 Å². The van der Waals surface area contributed by atoms with E-state index < -0.39 is 0 Å². The fraction of sp³-hybridized carbons (Fsp3) is 0.238. The fourth-order valence-electron chi connectivity index (χ4n) is 3.71. The van der Waals surface area contributed by atoms with Crippen molar-refractivity contribution in [2.45, 2.75) is 24.3 Å². The summed E-state index contributed by atoms with van der Waals surface area (Å²) in [5.74, 6) is 1.34. The zero-order valence-corrected chi connectivity index (χ0v) is 15.6. The fourth-order valence-corrected chi connectivity index (χ4v) is 4.80. The van der Waals surface area contributed by atoms with Crippen LogP contribution in [-0.4, -0.2) is 26.8 Å². The Bertz CT molecular complexity index is 986. The summed E-state index contributed by atoms with van der Waals surface area (Å²) < 4.78 is 19.4. The number of amidine groups is 1. The number of hydrogen-bond acceptors (Lipinski definition) is 5. The molecule has 0 spiro atoms. The zero-order valence-electron chi connectivity index (χ0n) is 14.7. The highest BCUT2D eigenvalue weighted by atomic mass is 32.2. The number of halogens is 1. The lowest BCUT2D eigenvalue weighted by molar-refractivity contribution is 0.277. The van der Waals surface area contributed by atoms with Gasteiger partial charge in [-0.15, -0.1) is 0 Å². The molecule has 0 saturated carbocycles. The predicted molar refractivity (Wildman–Crippen MR) is 105 cm³/mol. The number of aromatic nitrogens is 1. The number of benzene rings is 1. The van der Waals surface area contributed by atoms with Crippen molar-refractivity contribution in [1.82, 2.24) is 9.88 Å². The van der Waals surface area contributed by atoms with Gasteiger partial charge in [-0.05, 0) is 48.5 Å². The third-order valence-corrected chi connectivity index (χ3v) is 6.03. The maximum Gasteiger partial charge on any atom is 0.161 e. The quantitative estimate of drug-likeness (QED) is 0.637. The highest BCUT2D eigenvalue weighted by Crippen LogP contribution is 2.48. The van der Waals surface area contributed by atoms with Gasteiger partial charge in [-0.25, -0.2) is 9.38 Å². The Hall–Kier alpha value is -2.60. The molecule has 4 heterocycles. The topological polar surface area (TPSA) is 41.6 Å². The molecule has 0 amide bonds. The summed E-state index contributed by atoms with van der Waals surface area (Å²) in [4.78, 5) is 11.8. The molecule has 2 aromatic heterocycles. The van der Waals surface area contributed by atoms with Crippen molar-refractivity contribution < 1.29 is 8.81 Å². The van der Waals surface area contributed by atoms with Crippen LogP contribution in [0.25, 0.3) is 11.3 Å². The first kappa shape index (κ1) is 16.6. The lowest BCUT2D eigenvalue weighted by Crippen LogP contribution is -2.28. The third kappa shape index (κ3) is 2.94. The summed E-state index contributed by atoms with van der Waals surface area (Å²) in [7, 11) is 0. The maximum absolute atomic E-state index is 13.2. The highest BCUT2D eigenvalue weighted by molar-refractivity contribution is 8.14. The minimum Gasteiger partial charge on any atom is -0.459 e. The number of aliphatic imine (C=N–C) groups is 1. The van der Waals surface area contributed by atoms with Gasteiger partial charge in [-0.3, -0.25) is 4.98 Å². The van der Waals surface area contributed by atoms with Crippen molar-refractivity contribution in [2.75, 3.05) is 6.54 Å². The summed E-state index contributed by atoms with van der Waals surface area (Å²) in [6.45, 7) is 3.15. The minimum absolute atomic E-state index is 0.0125. The molecule has 136 valence electrons. The number of pyridine rings is 1. The molecule has 5 rings (SSSR count). The van der Waals surface area contributed by atoms with Gasteiger partial charge in [-0.2, -0.15) is 0 Å². The van der Waals surface area contributed by atoms with Crippen LogP contribution in [0.15, 0.2) is 70.2 Å². The Morgan fingerprint density at radius 1 is 1.11 bits per heavy atom. The Balaban J connectivity index is 1.53. The number of thioether (sulfide) groups is 1. The van der Waals surface area contributed by atoms with Crippen LogP contribution in [0, 0.1) is 5.82 Å². The van der Waals surface area contributed by atoms with Crippen LogP contribution in [0.3, 0.4) is 0 Å². The van der Waals surface area contributed by atoms with Gasteiger partial charge in [0.15, 0.2) is 5.17 Å². The van der Waals surface area contributed by atoms with Crippen molar-refractivity contribution in [3.05, 3.63) is 78.1 Å². The molecule has 1 saturated heterocycles. The largest absolute Gasteiger partial charge is 0.459 e. The van der Waals surface area contributed by atoms with Crippen LogP contribution in [0.5, 0.6) is 0 Å². The molecule has 1 fully saturated rings. The molecule has 4 nitrogen and oxygen atoms in total. The van der Waals surface area contributed by atoms with E-state index in [1.54, 1.807) is 30.1 Å². The number of fused-ring (bicyclic) bond motifs is 1. The van der Waals surface area contributed by atoms with E-state index in [-0.39, 0.29) is 17.9 Å². The van der Waals surface area contributed by atoms with Gasteiger partial charge in [-0.1, -0.05) is 24.8 Å². The van der Waals surface area contributed by atoms with Gasteiger partial charge in [0.25, 0.3) is 0 Å². The lowest BCUT2D eigenvalue weighted by Gasteiger charge is -2.25. The van der Waals surface area contributed by atoms with Gasteiger partial charge >= 0.3 is 0 Å². The summed E-state index contributed by atoms with van der Waals surface area (Å²) in [5, 5.41) is 1.56. The number of furan rings is 1. The van der Waals surface area contributed by atoms with Gasteiger partial charge in [0.05, 0.1) is 5.69 Å². The monoisotopic (exact) mass is 379 g/mol. The smallest absolute Gasteiger partial charge is 0.161 e. The Kier molecular flexibility index (Phi) is 4.01. The molecular formula is C21H18FN3OS. The second-order valence-electron chi connectivity index (χ2n) is 6.85. The number of rotatable bonds is 3. The molecule has 3 atom stereocenters. The van der Waals surface area contributed by atoms with Crippen molar-refractivity contribution in [3.8, 4) is 11.3 Å². The average molecular weight is 379 g/mol. The molecule has 2 aliphatic heterocycles. The lowest BCUT2D eigenvalue weighted by atomic mass is 10.0. The van der Waals surface area contributed by atoms with Crippen molar-refractivity contribution >= 4 is 16.9 Å². The summed E-state index contributed by atoms with van der Waals surface area (Å²) in [6.07, 6.45) is 1.80. The van der Waals surface area contributed by atoms with E-state index in [2.05, 4.69) is 16.8 Å². The minimum atomic E-state index is -0.252. The van der Waals surface area contributed by atoms with Crippen LogP contribution in [-0.2, 0) is 0 Å². The molecule has 2 aliphatic rings. The van der Waals surface area contributed by atoms with E-state index >= 15 is 0 Å². The Morgan fingerprint density at radius 3 is 2.74 bits per heavy atom. The van der Waals surface area contributed by atoms with E-state index in [1.165, 1.54) is 12.1 Å². The second kappa shape index (κ2) is 6.53. The SMILES string of the molecule is C[C@@H]1CN2C(=N[C@@H](c3ccccn3)[C@@H]2c2ccc(-c3ccc(F)cc3)o2)S1. The van der Waals surface area contributed by atoms with Crippen molar-refractivity contribution in [3.63, 3.8) is 0 Å². The third-order valence-electron chi connectivity index (χ3n) is 4.93. The van der Waals surface area contributed by atoms with E-state index in [0.29, 0.717) is 5.25 Å². The molecule has 6 heteroatoms. The Morgan fingerprint density at radius 2 is 1.96 bits per heavy atom. The van der Waals surface area contributed by atoms with E-state index in [9.17, 15) is 4.39 Å². The standard InChI is InChI=1S/C21H18FN3OS/c1-13-12-25-20(19(24-21(25)27-13)16-4-2-3-11-23-16)18-10-9-17(26-18)14-5-7-15(22)8-6-14/h2-11,13,19-20H,12H2,1H3/t13-,19+,20+/m1/s1. The van der Waals surface area contributed by atoms with Gasteiger partial charge in [0, 0.05) is 23.6 Å². The molecule has 0 N–H and O–H groups in total. The first-order valence-corrected chi connectivity index (χ1v) is 9.85. The summed E-state index contributed by atoms with van der Waals surface area (Å²) in [6, 6.07) is 16.1. The number of nitrogens with zero attached hydrogens (tertiary/aromatic N) is 3. The normalized spacial score (nSPS) is 24.1. The van der Waals surface area contributed by atoms with E-state index in [0.717, 1.165) is 34.5 Å². The summed E-state index contributed by atoms with van der Waals surface area (Å²) >= 11 is 1.80. The van der Waals surface area contributed by atoms with Crippen LogP contribution in [0.1, 0.15) is 30.5 Å². The van der Waals surface area contributed by atoms with Crippen molar-refractivity contribution in [2.24, 2.45) is 4.99 Å². The summed E-state index contributed by atoms with van der Waals surface area (Å²) in [5.41, 5.74) is 1.80. The van der Waals surface area contributed by atoms with Gasteiger partial charge in [0.1, 0.15) is 29.4 Å². The van der Waals surface area contributed by atoms with Crippen LogP contribution >= 0.6 is 11.8 Å².